The second kappa shape index (κ2) is 7.07. The quantitative estimate of drug-likeness (QED) is 0.797. The number of hydrogen-bond acceptors (Lipinski definition) is 4. The summed E-state index contributed by atoms with van der Waals surface area (Å²) in [6.07, 6.45) is -3.17. The van der Waals surface area contributed by atoms with Crippen molar-refractivity contribution in [1.29, 1.82) is 0 Å². The maximum atomic E-state index is 13.3. The lowest BCUT2D eigenvalue weighted by atomic mass is 10.1. The number of ether oxygens (including phenoxy) is 1. The maximum Gasteiger partial charge on any atom is 0.421 e. The Hall–Kier alpha value is -2.31. The largest absolute Gasteiger partial charge is 0.461 e. The third-order valence-corrected chi connectivity index (χ3v) is 3.44. The molecule has 0 aliphatic rings. The molecule has 0 saturated carbocycles. The molecule has 4 nitrogen and oxygen atoms in total. The van der Waals surface area contributed by atoms with E-state index in [0.717, 1.165) is 18.2 Å². The van der Waals surface area contributed by atoms with Crippen molar-refractivity contribution in [2.75, 3.05) is 11.9 Å². The number of hydrogen-bond donors (Lipinski definition) is 0. The van der Waals surface area contributed by atoms with Crippen molar-refractivity contribution in [3.8, 4) is 6.01 Å². The summed E-state index contributed by atoms with van der Waals surface area (Å²) in [4.78, 5) is 9.03. The van der Waals surface area contributed by atoms with Crippen LogP contribution in [0.4, 0.5) is 24.7 Å². The van der Waals surface area contributed by atoms with Crippen LogP contribution in [-0.2, 0) is 12.6 Å². The van der Waals surface area contributed by atoms with Crippen LogP contribution in [0.2, 0.25) is 0 Å². The summed E-state index contributed by atoms with van der Waals surface area (Å²) in [5.41, 5.74) is 0.808. The Morgan fingerprint density at radius 3 is 2.29 bits per heavy atom. The normalized spacial score (nSPS) is 11.7. The van der Waals surface area contributed by atoms with Gasteiger partial charge >= 0.3 is 12.2 Å². The molecular weight excluding hydrogens is 319 g/mol. The minimum absolute atomic E-state index is 0.0787. The minimum Gasteiger partial charge on any atom is -0.461 e. The van der Waals surface area contributed by atoms with Crippen LogP contribution in [0.25, 0.3) is 0 Å². The third kappa shape index (κ3) is 4.15. The molecule has 24 heavy (non-hydrogen) atoms. The highest BCUT2D eigenvalue weighted by Crippen LogP contribution is 2.37. The lowest BCUT2D eigenvalue weighted by Crippen LogP contribution is -2.20. The van der Waals surface area contributed by atoms with Gasteiger partial charge in [-0.3, -0.25) is 0 Å². The van der Waals surface area contributed by atoms with Gasteiger partial charge in [0.2, 0.25) is 0 Å². The average Bonchev–Trinajstić information content (AvgIpc) is 2.52. The Morgan fingerprint density at radius 2 is 1.79 bits per heavy atom. The van der Waals surface area contributed by atoms with Gasteiger partial charge in [-0.05, 0) is 38.0 Å². The first kappa shape index (κ1) is 18.0. The predicted octanol–water partition coefficient (Wildman–Crippen LogP) is 4.61. The van der Waals surface area contributed by atoms with E-state index in [9.17, 15) is 13.2 Å². The van der Waals surface area contributed by atoms with Crippen molar-refractivity contribution in [3.05, 3.63) is 41.6 Å². The lowest BCUT2D eigenvalue weighted by Gasteiger charge is -2.23. The molecule has 1 heterocycles. The van der Waals surface area contributed by atoms with Crippen molar-refractivity contribution in [2.24, 2.45) is 0 Å². The molecule has 0 bridgehead atoms. The van der Waals surface area contributed by atoms with Gasteiger partial charge in [0.1, 0.15) is 5.56 Å². The topological polar surface area (TPSA) is 38.2 Å². The molecular formula is C17H20F3N3O. The van der Waals surface area contributed by atoms with Gasteiger partial charge in [-0.25, -0.2) is 4.98 Å². The van der Waals surface area contributed by atoms with Gasteiger partial charge in [-0.1, -0.05) is 19.1 Å². The Kier molecular flexibility index (Phi) is 5.31. The van der Waals surface area contributed by atoms with Crippen LogP contribution in [0.3, 0.4) is 0 Å². The van der Waals surface area contributed by atoms with Crippen LogP contribution >= 0.6 is 0 Å². The summed E-state index contributed by atoms with van der Waals surface area (Å²) in [5, 5.41) is 0. The van der Waals surface area contributed by atoms with E-state index in [1.54, 1.807) is 26.0 Å². The SMILES string of the molecule is CCc1ccc(N(C)c2nc(OC(C)C)ncc2C(F)(F)F)cc1. The summed E-state index contributed by atoms with van der Waals surface area (Å²) in [7, 11) is 1.54. The molecule has 0 unspecified atom stereocenters. The van der Waals surface area contributed by atoms with E-state index in [2.05, 4.69) is 9.97 Å². The lowest BCUT2D eigenvalue weighted by molar-refractivity contribution is -0.137. The fourth-order valence-corrected chi connectivity index (χ4v) is 2.16. The van der Waals surface area contributed by atoms with Gasteiger partial charge in [0.05, 0.1) is 6.10 Å². The van der Waals surface area contributed by atoms with Gasteiger partial charge in [0.25, 0.3) is 0 Å². The fraction of sp³-hybridized carbons (Fsp3) is 0.412. The van der Waals surface area contributed by atoms with Gasteiger partial charge in [-0.15, -0.1) is 0 Å². The van der Waals surface area contributed by atoms with Crippen molar-refractivity contribution in [2.45, 2.75) is 39.5 Å². The minimum atomic E-state index is -4.55. The molecule has 0 amide bonds. The van der Waals surface area contributed by atoms with Crippen LogP contribution in [0.15, 0.2) is 30.5 Å². The van der Waals surface area contributed by atoms with Gasteiger partial charge in [0.15, 0.2) is 5.82 Å². The first-order valence-corrected chi connectivity index (χ1v) is 7.66. The predicted molar refractivity (Wildman–Crippen MR) is 86.7 cm³/mol. The molecule has 0 saturated heterocycles. The highest BCUT2D eigenvalue weighted by molar-refractivity contribution is 5.63. The molecule has 0 aliphatic heterocycles. The number of aromatic nitrogens is 2. The molecule has 0 spiro atoms. The first-order valence-electron chi connectivity index (χ1n) is 7.66. The molecule has 2 rings (SSSR count). The van der Waals surface area contributed by atoms with Crippen LogP contribution in [0, 0.1) is 0 Å². The number of aryl methyl sites for hydroxylation is 1. The maximum absolute atomic E-state index is 13.3. The molecule has 1 aromatic carbocycles. The number of anilines is 2. The van der Waals surface area contributed by atoms with E-state index in [-0.39, 0.29) is 17.9 Å². The van der Waals surface area contributed by atoms with Crippen molar-refractivity contribution in [3.63, 3.8) is 0 Å². The summed E-state index contributed by atoms with van der Waals surface area (Å²) in [6.45, 7) is 5.53. The first-order chi connectivity index (χ1) is 11.2. The Bertz CT molecular complexity index is 684. The molecule has 1 aromatic heterocycles. The third-order valence-electron chi connectivity index (χ3n) is 3.44. The van der Waals surface area contributed by atoms with Crippen LogP contribution < -0.4 is 9.64 Å². The van der Waals surface area contributed by atoms with E-state index in [1.165, 1.54) is 11.9 Å². The second-order valence-corrected chi connectivity index (χ2v) is 5.63. The van der Waals surface area contributed by atoms with Gasteiger partial charge in [0, 0.05) is 18.9 Å². The van der Waals surface area contributed by atoms with E-state index in [4.69, 9.17) is 4.74 Å². The molecule has 0 N–H and O–H groups in total. The number of halogens is 3. The zero-order valence-corrected chi connectivity index (χ0v) is 14.1. The van der Waals surface area contributed by atoms with Crippen LogP contribution in [-0.4, -0.2) is 23.1 Å². The van der Waals surface area contributed by atoms with Crippen molar-refractivity contribution < 1.29 is 17.9 Å². The zero-order valence-electron chi connectivity index (χ0n) is 14.1. The Morgan fingerprint density at radius 1 is 1.17 bits per heavy atom. The van der Waals surface area contributed by atoms with Crippen molar-refractivity contribution >= 4 is 11.5 Å². The molecule has 2 aromatic rings. The average molecular weight is 339 g/mol. The zero-order chi connectivity index (χ0) is 17.9. The fourth-order valence-electron chi connectivity index (χ4n) is 2.16. The van der Waals surface area contributed by atoms with Crippen LogP contribution in [0.1, 0.15) is 31.9 Å². The number of rotatable bonds is 5. The Labute approximate surface area is 139 Å². The molecule has 130 valence electrons. The van der Waals surface area contributed by atoms with E-state index >= 15 is 0 Å². The van der Waals surface area contributed by atoms with Gasteiger partial charge in [-0.2, -0.15) is 18.2 Å². The standard InChI is InChI=1S/C17H20F3N3O/c1-5-12-6-8-13(9-7-12)23(4)15-14(17(18,19)20)10-21-16(22-15)24-11(2)3/h6-11H,5H2,1-4H3. The highest BCUT2D eigenvalue weighted by atomic mass is 19.4. The van der Waals surface area contributed by atoms with E-state index in [0.29, 0.717) is 5.69 Å². The number of alkyl halides is 3. The monoisotopic (exact) mass is 339 g/mol. The summed E-state index contributed by atoms with van der Waals surface area (Å²) >= 11 is 0. The molecule has 7 heteroatoms. The number of nitrogens with zero attached hydrogens (tertiary/aromatic N) is 3. The van der Waals surface area contributed by atoms with Gasteiger partial charge < -0.3 is 9.64 Å². The van der Waals surface area contributed by atoms with E-state index in [1.807, 2.05) is 19.1 Å². The molecule has 0 fully saturated rings. The summed E-state index contributed by atoms with van der Waals surface area (Å²) in [6, 6.07) is 7.22. The summed E-state index contributed by atoms with van der Waals surface area (Å²) in [5.74, 6) is -0.239. The Balaban J connectivity index is 2.46. The second-order valence-electron chi connectivity index (χ2n) is 5.63. The highest BCUT2D eigenvalue weighted by Gasteiger charge is 2.36. The molecule has 0 atom stereocenters. The summed E-state index contributed by atoms with van der Waals surface area (Å²) < 4.78 is 45.2. The van der Waals surface area contributed by atoms with Crippen LogP contribution in [0.5, 0.6) is 6.01 Å². The smallest absolute Gasteiger partial charge is 0.421 e. The molecule has 0 aliphatic carbocycles. The van der Waals surface area contributed by atoms with Crippen molar-refractivity contribution in [1.82, 2.24) is 9.97 Å². The van der Waals surface area contributed by atoms with E-state index < -0.39 is 11.7 Å². The number of benzene rings is 1. The molecule has 0 radical (unpaired) electrons.